The van der Waals surface area contributed by atoms with Gasteiger partial charge in [0.25, 0.3) is 0 Å². The SMILES string of the molecule is C[C@@H](NC(=O)CNC(=O)C1CCCCC1)c1cccc(C(F)(F)F)c1. The zero-order valence-electron chi connectivity index (χ0n) is 14.2. The third kappa shape index (κ3) is 5.76. The molecule has 0 aromatic heterocycles. The summed E-state index contributed by atoms with van der Waals surface area (Å²) in [6.45, 7) is 1.44. The largest absolute Gasteiger partial charge is 0.416 e. The summed E-state index contributed by atoms with van der Waals surface area (Å²) in [6.07, 6.45) is 0.447. The minimum atomic E-state index is -4.42. The number of carbonyl (C=O) groups excluding carboxylic acids is 2. The highest BCUT2D eigenvalue weighted by atomic mass is 19.4. The maximum atomic E-state index is 12.7. The van der Waals surface area contributed by atoms with Crippen molar-refractivity contribution in [2.24, 2.45) is 5.92 Å². The van der Waals surface area contributed by atoms with Crippen LogP contribution in [0.5, 0.6) is 0 Å². The van der Waals surface area contributed by atoms with Crippen LogP contribution in [0.4, 0.5) is 13.2 Å². The van der Waals surface area contributed by atoms with Crippen LogP contribution < -0.4 is 10.6 Å². The molecule has 1 aliphatic carbocycles. The van der Waals surface area contributed by atoms with Crippen LogP contribution in [0.3, 0.4) is 0 Å². The Kier molecular flexibility index (Phi) is 6.45. The van der Waals surface area contributed by atoms with E-state index in [0.717, 1.165) is 44.2 Å². The van der Waals surface area contributed by atoms with Crippen molar-refractivity contribution < 1.29 is 22.8 Å². The van der Waals surface area contributed by atoms with Crippen molar-refractivity contribution in [1.29, 1.82) is 0 Å². The fourth-order valence-corrected chi connectivity index (χ4v) is 3.04. The molecule has 4 nitrogen and oxygen atoms in total. The van der Waals surface area contributed by atoms with Gasteiger partial charge in [0, 0.05) is 5.92 Å². The predicted molar refractivity (Wildman–Crippen MR) is 87.6 cm³/mol. The quantitative estimate of drug-likeness (QED) is 0.847. The van der Waals surface area contributed by atoms with Crippen molar-refractivity contribution in [3.8, 4) is 0 Å². The molecular formula is C18H23F3N2O2. The summed E-state index contributed by atoms with van der Waals surface area (Å²) in [5.41, 5.74) is -0.390. The Morgan fingerprint density at radius 2 is 1.88 bits per heavy atom. The average Bonchev–Trinajstić information content (AvgIpc) is 2.59. The molecule has 2 rings (SSSR count). The molecule has 0 spiro atoms. The van der Waals surface area contributed by atoms with Gasteiger partial charge in [0.05, 0.1) is 18.2 Å². The number of rotatable bonds is 5. The smallest absolute Gasteiger partial charge is 0.348 e. The van der Waals surface area contributed by atoms with E-state index in [1.165, 1.54) is 12.1 Å². The fourth-order valence-electron chi connectivity index (χ4n) is 3.04. The van der Waals surface area contributed by atoms with Crippen molar-refractivity contribution in [1.82, 2.24) is 10.6 Å². The van der Waals surface area contributed by atoms with Gasteiger partial charge in [0.15, 0.2) is 0 Å². The van der Waals surface area contributed by atoms with E-state index in [1.54, 1.807) is 6.92 Å². The molecule has 2 amide bonds. The zero-order valence-corrected chi connectivity index (χ0v) is 14.2. The molecule has 0 unspecified atom stereocenters. The molecule has 0 radical (unpaired) electrons. The molecule has 0 aliphatic heterocycles. The van der Waals surface area contributed by atoms with Crippen LogP contribution in [0.15, 0.2) is 24.3 Å². The van der Waals surface area contributed by atoms with Crippen LogP contribution in [-0.4, -0.2) is 18.4 Å². The van der Waals surface area contributed by atoms with E-state index >= 15 is 0 Å². The van der Waals surface area contributed by atoms with Gasteiger partial charge >= 0.3 is 6.18 Å². The molecule has 1 saturated carbocycles. The molecule has 2 N–H and O–H groups in total. The van der Waals surface area contributed by atoms with E-state index in [0.29, 0.717) is 5.56 Å². The number of hydrogen-bond donors (Lipinski definition) is 2. The van der Waals surface area contributed by atoms with Crippen molar-refractivity contribution >= 4 is 11.8 Å². The minimum Gasteiger partial charge on any atom is -0.348 e. The number of benzene rings is 1. The highest BCUT2D eigenvalue weighted by Gasteiger charge is 2.30. The van der Waals surface area contributed by atoms with Gasteiger partial charge in [-0.25, -0.2) is 0 Å². The summed E-state index contributed by atoms with van der Waals surface area (Å²) in [7, 11) is 0. The number of alkyl halides is 3. The van der Waals surface area contributed by atoms with Gasteiger partial charge in [-0.15, -0.1) is 0 Å². The van der Waals surface area contributed by atoms with Gasteiger partial charge in [0.2, 0.25) is 11.8 Å². The summed E-state index contributed by atoms with van der Waals surface area (Å²) in [5, 5.41) is 5.23. The number of amides is 2. The van der Waals surface area contributed by atoms with Gasteiger partial charge in [0.1, 0.15) is 0 Å². The Labute approximate surface area is 145 Å². The van der Waals surface area contributed by atoms with E-state index in [4.69, 9.17) is 0 Å². The molecular weight excluding hydrogens is 333 g/mol. The molecule has 1 fully saturated rings. The maximum absolute atomic E-state index is 12.7. The van der Waals surface area contributed by atoms with Gasteiger partial charge in [-0.05, 0) is 37.5 Å². The summed E-state index contributed by atoms with van der Waals surface area (Å²) < 4.78 is 38.2. The monoisotopic (exact) mass is 356 g/mol. The molecule has 25 heavy (non-hydrogen) atoms. The first kappa shape index (κ1) is 19.3. The van der Waals surface area contributed by atoms with Crippen molar-refractivity contribution in [2.45, 2.75) is 51.2 Å². The second kappa shape index (κ2) is 8.36. The molecule has 1 aliphatic rings. The first-order valence-corrected chi connectivity index (χ1v) is 8.51. The second-order valence-electron chi connectivity index (χ2n) is 6.47. The van der Waals surface area contributed by atoms with Gasteiger partial charge in [-0.1, -0.05) is 31.4 Å². The molecule has 0 heterocycles. The first-order chi connectivity index (χ1) is 11.8. The van der Waals surface area contributed by atoms with Crippen LogP contribution in [0.2, 0.25) is 0 Å². The molecule has 0 bridgehead atoms. The molecule has 1 atom stereocenters. The average molecular weight is 356 g/mol. The Morgan fingerprint density at radius 1 is 1.20 bits per heavy atom. The second-order valence-corrected chi connectivity index (χ2v) is 6.47. The third-order valence-corrected chi connectivity index (χ3v) is 4.49. The molecule has 1 aromatic carbocycles. The normalized spacial score (nSPS) is 17.0. The van der Waals surface area contributed by atoms with Crippen LogP contribution in [-0.2, 0) is 15.8 Å². The molecule has 7 heteroatoms. The van der Waals surface area contributed by atoms with E-state index in [9.17, 15) is 22.8 Å². The number of nitrogens with one attached hydrogen (secondary N) is 2. The minimum absolute atomic E-state index is 0.0394. The van der Waals surface area contributed by atoms with Crippen molar-refractivity contribution in [3.05, 3.63) is 35.4 Å². The lowest BCUT2D eigenvalue weighted by molar-refractivity contribution is -0.137. The Bertz CT molecular complexity index is 611. The third-order valence-electron chi connectivity index (χ3n) is 4.49. The number of hydrogen-bond acceptors (Lipinski definition) is 2. The maximum Gasteiger partial charge on any atom is 0.416 e. The van der Waals surface area contributed by atoms with E-state index < -0.39 is 23.7 Å². The Balaban J connectivity index is 1.84. The first-order valence-electron chi connectivity index (χ1n) is 8.51. The van der Waals surface area contributed by atoms with E-state index in [2.05, 4.69) is 10.6 Å². The highest BCUT2D eigenvalue weighted by molar-refractivity contribution is 5.86. The summed E-state index contributed by atoms with van der Waals surface area (Å²) >= 11 is 0. The van der Waals surface area contributed by atoms with Gasteiger partial charge in [-0.3, -0.25) is 9.59 Å². The van der Waals surface area contributed by atoms with Crippen LogP contribution >= 0.6 is 0 Å². The van der Waals surface area contributed by atoms with Crippen molar-refractivity contribution in [2.75, 3.05) is 6.54 Å². The Hall–Kier alpha value is -2.05. The number of halogens is 3. The molecule has 0 saturated heterocycles. The molecule has 138 valence electrons. The van der Waals surface area contributed by atoms with E-state index in [1.807, 2.05) is 0 Å². The van der Waals surface area contributed by atoms with Crippen LogP contribution in [0.1, 0.15) is 56.2 Å². The highest BCUT2D eigenvalue weighted by Crippen LogP contribution is 2.30. The lowest BCUT2D eigenvalue weighted by atomic mass is 9.89. The van der Waals surface area contributed by atoms with Gasteiger partial charge in [-0.2, -0.15) is 13.2 Å². The van der Waals surface area contributed by atoms with Crippen LogP contribution in [0, 0.1) is 5.92 Å². The van der Waals surface area contributed by atoms with Gasteiger partial charge < -0.3 is 10.6 Å². The Morgan fingerprint density at radius 3 is 2.52 bits per heavy atom. The lowest BCUT2D eigenvalue weighted by Gasteiger charge is -2.21. The van der Waals surface area contributed by atoms with E-state index in [-0.39, 0.29) is 18.4 Å². The van der Waals surface area contributed by atoms with Crippen molar-refractivity contribution in [3.63, 3.8) is 0 Å². The topological polar surface area (TPSA) is 58.2 Å². The van der Waals surface area contributed by atoms with Crippen LogP contribution in [0.25, 0.3) is 0 Å². The molecule has 1 aromatic rings. The predicted octanol–water partition coefficient (Wildman–Crippen LogP) is 3.58. The lowest BCUT2D eigenvalue weighted by Crippen LogP contribution is -2.40. The number of carbonyl (C=O) groups is 2. The fraction of sp³-hybridized carbons (Fsp3) is 0.556. The summed E-state index contributed by atoms with van der Waals surface area (Å²) in [5.74, 6) is -0.585. The summed E-state index contributed by atoms with van der Waals surface area (Å²) in [4.78, 5) is 23.9. The zero-order chi connectivity index (χ0) is 18.4. The summed E-state index contributed by atoms with van der Waals surface area (Å²) in [6, 6.07) is 4.27. The standard InChI is InChI=1S/C18H23F3N2O2/c1-12(14-8-5-9-15(10-14)18(19,20)21)23-16(24)11-22-17(25)13-6-3-2-4-7-13/h5,8-10,12-13H,2-4,6-7,11H2,1H3,(H,22,25)(H,23,24)/t12-/m1/s1.